The van der Waals surface area contributed by atoms with Crippen LogP contribution in [-0.2, 0) is 4.74 Å². The standard InChI is InChI=1S/C30H31N7O5/c1-35(2)29(39)23-13-18-16-32-30(34-28(18)37(23)20-5-3-4-6-20)33-19-7-8-31-22(14-19)21-17-41-27-24(38)15-25(42-26(21)27)36-9-11-40-12-10-36/h7-8,13-17,20H,3-6,9-12H2,1-2H3,(H,31,32,33,34). The zero-order chi connectivity index (χ0) is 28.8. The van der Waals surface area contributed by atoms with E-state index in [4.69, 9.17) is 18.6 Å². The number of nitrogens with one attached hydrogen (secondary N) is 1. The summed E-state index contributed by atoms with van der Waals surface area (Å²) in [6.07, 6.45) is 9.19. The number of morpholine rings is 1. The molecule has 5 aromatic heterocycles. The first kappa shape index (κ1) is 26.2. The van der Waals surface area contributed by atoms with Crippen LogP contribution in [0.1, 0.15) is 42.2 Å². The Bertz CT molecular complexity index is 1840. The van der Waals surface area contributed by atoms with Gasteiger partial charge >= 0.3 is 0 Å². The van der Waals surface area contributed by atoms with Crippen LogP contribution in [0.5, 0.6) is 0 Å². The fourth-order valence-electron chi connectivity index (χ4n) is 5.83. The fraction of sp³-hybridized carbons (Fsp3) is 0.367. The number of carbonyl (C=O) groups excluding carboxylic acids is 1. The molecular formula is C30H31N7O5. The molecule has 12 heteroatoms. The van der Waals surface area contributed by atoms with Gasteiger partial charge in [-0.3, -0.25) is 14.6 Å². The van der Waals surface area contributed by atoms with Crippen molar-refractivity contribution in [2.45, 2.75) is 31.7 Å². The summed E-state index contributed by atoms with van der Waals surface area (Å²) in [4.78, 5) is 43.3. The number of hydrogen-bond donors (Lipinski definition) is 1. The second-order valence-electron chi connectivity index (χ2n) is 10.9. The summed E-state index contributed by atoms with van der Waals surface area (Å²) in [5.41, 5.74) is 3.43. The van der Waals surface area contributed by atoms with Crippen LogP contribution in [0, 0.1) is 0 Å². The molecule has 216 valence electrons. The van der Waals surface area contributed by atoms with Crippen molar-refractivity contribution >= 4 is 45.6 Å². The van der Waals surface area contributed by atoms with Crippen LogP contribution in [0.15, 0.2) is 56.6 Å². The Kier molecular flexibility index (Phi) is 6.62. The van der Waals surface area contributed by atoms with E-state index in [0.29, 0.717) is 66.4 Å². The predicted octanol–water partition coefficient (Wildman–Crippen LogP) is 4.59. The topological polar surface area (TPSA) is 132 Å². The molecule has 0 atom stereocenters. The van der Waals surface area contributed by atoms with Crippen LogP contribution < -0.4 is 15.6 Å². The average molecular weight is 570 g/mol. The highest BCUT2D eigenvalue weighted by Crippen LogP contribution is 2.35. The summed E-state index contributed by atoms with van der Waals surface area (Å²) in [6, 6.07) is 7.21. The molecule has 0 spiro atoms. The van der Waals surface area contributed by atoms with E-state index in [1.807, 2.05) is 23.1 Å². The fourth-order valence-corrected chi connectivity index (χ4v) is 5.83. The molecule has 0 unspecified atom stereocenters. The van der Waals surface area contributed by atoms with Gasteiger partial charge in [0.2, 0.25) is 17.0 Å². The highest BCUT2D eigenvalue weighted by atomic mass is 16.5. The van der Waals surface area contributed by atoms with Gasteiger partial charge in [-0.05, 0) is 31.0 Å². The summed E-state index contributed by atoms with van der Waals surface area (Å²) < 4.78 is 19.3. The summed E-state index contributed by atoms with van der Waals surface area (Å²) in [7, 11) is 3.52. The van der Waals surface area contributed by atoms with Gasteiger partial charge in [0.25, 0.3) is 5.91 Å². The number of carbonyl (C=O) groups is 1. The van der Waals surface area contributed by atoms with Crippen molar-refractivity contribution in [2.75, 3.05) is 50.6 Å². The van der Waals surface area contributed by atoms with Crippen molar-refractivity contribution < 1.29 is 18.4 Å². The minimum absolute atomic E-state index is 0.0519. The Morgan fingerprint density at radius 3 is 2.67 bits per heavy atom. The van der Waals surface area contributed by atoms with Crippen molar-refractivity contribution in [1.29, 1.82) is 0 Å². The molecule has 42 heavy (non-hydrogen) atoms. The molecule has 7 rings (SSSR count). The zero-order valence-electron chi connectivity index (χ0n) is 23.5. The quantitative estimate of drug-likeness (QED) is 0.310. The first-order valence-corrected chi connectivity index (χ1v) is 14.2. The Morgan fingerprint density at radius 2 is 1.88 bits per heavy atom. The number of furan rings is 1. The van der Waals surface area contributed by atoms with E-state index in [1.165, 1.54) is 12.3 Å². The van der Waals surface area contributed by atoms with E-state index in [0.717, 1.165) is 36.7 Å². The van der Waals surface area contributed by atoms with E-state index in [-0.39, 0.29) is 23.0 Å². The number of nitrogens with zero attached hydrogens (tertiary/aromatic N) is 6. The summed E-state index contributed by atoms with van der Waals surface area (Å²) in [6.45, 7) is 2.42. The van der Waals surface area contributed by atoms with Gasteiger partial charge < -0.3 is 33.3 Å². The van der Waals surface area contributed by atoms with Crippen LogP contribution >= 0.6 is 0 Å². The number of pyridine rings is 1. The number of anilines is 3. The lowest BCUT2D eigenvalue weighted by Crippen LogP contribution is -2.36. The SMILES string of the molecule is CN(C)C(=O)c1cc2cnc(Nc3ccnc(-c4coc5c(=O)cc(N6CCOCC6)oc45)c3)nc2n1C1CCCC1. The Balaban J connectivity index is 1.23. The van der Waals surface area contributed by atoms with Crippen LogP contribution in [-0.4, -0.2) is 70.7 Å². The Morgan fingerprint density at radius 1 is 1.07 bits per heavy atom. The summed E-state index contributed by atoms with van der Waals surface area (Å²) in [5, 5.41) is 4.11. The number of aromatic nitrogens is 4. The molecule has 1 aliphatic carbocycles. The summed E-state index contributed by atoms with van der Waals surface area (Å²) in [5.74, 6) is 0.829. The monoisotopic (exact) mass is 569 g/mol. The van der Waals surface area contributed by atoms with Crippen molar-refractivity contribution in [2.24, 2.45) is 0 Å². The van der Waals surface area contributed by atoms with Gasteiger partial charge in [0.15, 0.2) is 11.5 Å². The maximum absolute atomic E-state index is 13.0. The minimum Gasteiger partial charge on any atom is -0.456 e. The number of amides is 1. The summed E-state index contributed by atoms with van der Waals surface area (Å²) >= 11 is 0. The third-order valence-corrected chi connectivity index (χ3v) is 7.94. The predicted molar refractivity (Wildman–Crippen MR) is 157 cm³/mol. The maximum Gasteiger partial charge on any atom is 0.270 e. The van der Waals surface area contributed by atoms with Gasteiger partial charge in [0.05, 0.1) is 30.5 Å². The molecule has 1 N–H and O–H groups in total. The van der Waals surface area contributed by atoms with E-state index in [2.05, 4.69) is 19.9 Å². The number of hydrogen-bond acceptors (Lipinski definition) is 10. The third kappa shape index (κ3) is 4.67. The molecule has 1 aliphatic heterocycles. The zero-order valence-corrected chi connectivity index (χ0v) is 23.5. The largest absolute Gasteiger partial charge is 0.456 e. The normalized spacial score (nSPS) is 16.0. The first-order chi connectivity index (χ1) is 20.5. The molecular weight excluding hydrogens is 538 g/mol. The van der Waals surface area contributed by atoms with Gasteiger partial charge in [0.1, 0.15) is 17.6 Å². The molecule has 0 radical (unpaired) electrons. The number of ether oxygens (including phenoxy) is 1. The second kappa shape index (κ2) is 10.6. The van der Waals surface area contributed by atoms with Crippen molar-refractivity contribution in [1.82, 2.24) is 24.4 Å². The molecule has 2 fully saturated rings. The van der Waals surface area contributed by atoms with E-state index in [1.54, 1.807) is 31.4 Å². The molecule has 6 heterocycles. The Labute approximate surface area is 240 Å². The first-order valence-electron chi connectivity index (χ1n) is 14.2. The van der Waals surface area contributed by atoms with Crippen molar-refractivity contribution in [3.8, 4) is 11.3 Å². The molecule has 1 saturated carbocycles. The molecule has 0 bridgehead atoms. The average Bonchev–Trinajstić information content (AvgIpc) is 3.76. The van der Waals surface area contributed by atoms with Crippen molar-refractivity contribution in [3.05, 3.63) is 58.8 Å². The number of rotatable bonds is 6. The Hall–Kier alpha value is -4.71. The van der Waals surface area contributed by atoms with Crippen molar-refractivity contribution in [3.63, 3.8) is 0 Å². The maximum atomic E-state index is 13.0. The lowest BCUT2D eigenvalue weighted by atomic mass is 10.2. The van der Waals surface area contributed by atoms with Gasteiger partial charge in [-0.1, -0.05) is 12.8 Å². The van der Waals surface area contributed by atoms with E-state index < -0.39 is 0 Å². The smallest absolute Gasteiger partial charge is 0.270 e. The van der Waals surface area contributed by atoms with E-state index in [9.17, 15) is 9.59 Å². The molecule has 2 aliphatic rings. The third-order valence-electron chi connectivity index (χ3n) is 7.94. The van der Waals surface area contributed by atoms with Crippen LogP contribution in [0.25, 0.3) is 33.5 Å². The van der Waals surface area contributed by atoms with Crippen LogP contribution in [0.4, 0.5) is 17.5 Å². The lowest BCUT2D eigenvalue weighted by molar-refractivity contribution is 0.0815. The van der Waals surface area contributed by atoms with E-state index >= 15 is 0 Å². The van der Waals surface area contributed by atoms with Gasteiger partial charge in [-0.25, -0.2) is 4.98 Å². The molecule has 0 aromatic carbocycles. The minimum atomic E-state index is -0.252. The lowest BCUT2D eigenvalue weighted by Gasteiger charge is -2.26. The molecule has 1 amide bonds. The highest BCUT2D eigenvalue weighted by Gasteiger charge is 2.27. The molecule has 1 saturated heterocycles. The van der Waals surface area contributed by atoms with Gasteiger partial charge in [-0.15, -0.1) is 0 Å². The number of fused-ring (bicyclic) bond motifs is 2. The second-order valence-corrected chi connectivity index (χ2v) is 10.9. The van der Waals surface area contributed by atoms with Gasteiger partial charge in [0, 0.05) is 56.7 Å². The molecule has 12 nitrogen and oxygen atoms in total. The van der Waals surface area contributed by atoms with Crippen LogP contribution in [0.3, 0.4) is 0 Å². The van der Waals surface area contributed by atoms with Gasteiger partial charge in [-0.2, -0.15) is 4.98 Å². The van der Waals surface area contributed by atoms with Crippen LogP contribution in [0.2, 0.25) is 0 Å². The molecule has 5 aromatic rings. The highest BCUT2D eigenvalue weighted by molar-refractivity contribution is 5.98.